The number of ether oxygens (including phenoxy) is 3. The van der Waals surface area contributed by atoms with Gasteiger partial charge >= 0.3 is 0 Å². The minimum absolute atomic E-state index is 0.110. The lowest BCUT2D eigenvalue weighted by molar-refractivity contribution is -0.122. The number of fused-ring (bicyclic) bond motifs is 1. The van der Waals surface area contributed by atoms with Crippen LogP contribution in [-0.2, 0) is 17.9 Å². The number of rotatable bonds is 8. The maximum absolute atomic E-state index is 13.1. The second kappa shape index (κ2) is 11.1. The van der Waals surface area contributed by atoms with E-state index >= 15 is 0 Å². The summed E-state index contributed by atoms with van der Waals surface area (Å²) in [6.45, 7) is 0.831. The van der Waals surface area contributed by atoms with E-state index in [0.29, 0.717) is 33.9 Å². The summed E-state index contributed by atoms with van der Waals surface area (Å²) in [6.07, 6.45) is 1.84. The highest BCUT2D eigenvalue weighted by atomic mass is 32.2. The number of amides is 1. The average Bonchev–Trinajstić information content (AvgIpc) is 3.19. The van der Waals surface area contributed by atoms with Crippen LogP contribution in [0.5, 0.6) is 17.2 Å². The van der Waals surface area contributed by atoms with E-state index < -0.39 is 0 Å². The second-order valence-electron chi connectivity index (χ2n) is 8.45. The molecule has 0 atom stereocenters. The summed E-state index contributed by atoms with van der Waals surface area (Å²) in [5.41, 5.74) is 2.91. The molecule has 0 radical (unpaired) electrons. The lowest BCUT2D eigenvalue weighted by Gasteiger charge is -2.14. The van der Waals surface area contributed by atoms with Crippen molar-refractivity contribution in [1.29, 1.82) is 0 Å². The fourth-order valence-electron chi connectivity index (χ4n) is 4.17. The van der Waals surface area contributed by atoms with E-state index in [1.807, 2.05) is 66.7 Å². The van der Waals surface area contributed by atoms with E-state index in [2.05, 4.69) is 24.3 Å². The van der Waals surface area contributed by atoms with Gasteiger partial charge in [-0.3, -0.25) is 9.69 Å². The van der Waals surface area contributed by atoms with Gasteiger partial charge in [0.25, 0.3) is 5.91 Å². The molecule has 1 heterocycles. The third-order valence-electron chi connectivity index (χ3n) is 6.12. The number of thiocarbonyl (C=S) groups is 1. The van der Waals surface area contributed by atoms with Crippen molar-refractivity contribution < 1.29 is 19.0 Å². The molecule has 1 aliphatic rings. The summed E-state index contributed by atoms with van der Waals surface area (Å²) in [5.74, 6) is 1.90. The molecule has 1 fully saturated rings. The SMILES string of the molecule is COc1ccc(CN2C(=O)/C(=C/c3ccc(OCc4cccc5ccccc45)c(OC)c3)SC2=S)cc1. The molecular formula is C30H25NO4S2. The van der Waals surface area contributed by atoms with E-state index in [1.54, 1.807) is 19.1 Å². The van der Waals surface area contributed by atoms with Crippen molar-refractivity contribution in [2.75, 3.05) is 14.2 Å². The summed E-state index contributed by atoms with van der Waals surface area (Å²) in [5, 5.41) is 2.34. The molecule has 5 nitrogen and oxygen atoms in total. The van der Waals surface area contributed by atoms with Crippen LogP contribution in [0.2, 0.25) is 0 Å². The van der Waals surface area contributed by atoms with Gasteiger partial charge in [0.05, 0.1) is 25.7 Å². The van der Waals surface area contributed by atoms with E-state index in [-0.39, 0.29) is 5.91 Å². The first-order valence-electron chi connectivity index (χ1n) is 11.7. The molecule has 0 N–H and O–H groups in total. The second-order valence-corrected chi connectivity index (χ2v) is 10.1. The molecule has 1 amide bonds. The van der Waals surface area contributed by atoms with Crippen LogP contribution in [0.3, 0.4) is 0 Å². The number of hydrogen-bond donors (Lipinski definition) is 0. The Balaban J connectivity index is 1.30. The molecule has 0 unspecified atom stereocenters. The van der Waals surface area contributed by atoms with Crippen molar-refractivity contribution in [2.24, 2.45) is 0 Å². The van der Waals surface area contributed by atoms with Gasteiger partial charge in [0.15, 0.2) is 11.5 Å². The third kappa shape index (κ3) is 5.48. The van der Waals surface area contributed by atoms with Crippen LogP contribution >= 0.6 is 24.0 Å². The van der Waals surface area contributed by atoms with Gasteiger partial charge < -0.3 is 14.2 Å². The minimum atomic E-state index is -0.110. The monoisotopic (exact) mass is 527 g/mol. The zero-order valence-corrected chi connectivity index (χ0v) is 22.1. The predicted octanol–water partition coefficient (Wildman–Crippen LogP) is 6.84. The number of hydrogen-bond acceptors (Lipinski definition) is 6. The summed E-state index contributed by atoms with van der Waals surface area (Å²) in [7, 11) is 3.23. The fraction of sp³-hybridized carbons (Fsp3) is 0.133. The maximum Gasteiger partial charge on any atom is 0.266 e. The first kappa shape index (κ1) is 24.9. The molecule has 0 aromatic heterocycles. The van der Waals surface area contributed by atoms with Crippen LogP contribution in [0.1, 0.15) is 16.7 Å². The average molecular weight is 528 g/mol. The molecule has 186 valence electrons. The Kier molecular flexibility index (Phi) is 7.44. The summed E-state index contributed by atoms with van der Waals surface area (Å²) >= 11 is 6.80. The minimum Gasteiger partial charge on any atom is -0.497 e. The van der Waals surface area contributed by atoms with Gasteiger partial charge in [0.2, 0.25) is 0 Å². The van der Waals surface area contributed by atoms with Crippen molar-refractivity contribution in [1.82, 2.24) is 4.90 Å². The smallest absolute Gasteiger partial charge is 0.266 e. The lowest BCUT2D eigenvalue weighted by atomic mass is 10.1. The molecule has 37 heavy (non-hydrogen) atoms. The number of thioether (sulfide) groups is 1. The predicted molar refractivity (Wildman–Crippen MR) is 153 cm³/mol. The summed E-state index contributed by atoms with van der Waals surface area (Å²) in [4.78, 5) is 15.3. The first-order valence-corrected chi connectivity index (χ1v) is 12.9. The maximum atomic E-state index is 13.1. The number of methoxy groups -OCH3 is 2. The third-order valence-corrected chi connectivity index (χ3v) is 7.50. The highest BCUT2D eigenvalue weighted by Gasteiger charge is 2.32. The van der Waals surface area contributed by atoms with Crippen LogP contribution < -0.4 is 14.2 Å². The van der Waals surface area contributed by atoms with Crippen molar-refractivity contribution in [2.45, 2.75) is 13.2 Å². The number of nitrogens with zero attached hydrogens (tertiary/aromatic N) is 1. The first-order chi connectivity index (χ1) is 18.1. The lowest BCUT2D eigenvalue weighted by Crippen LogP contribution is -2.27. The van der Waals surface area contributed by atoms with Crippen LogP contribution in [0, 0.1) is 0 Å². The van der Waals surface area contributed by atoms with Gasteiger partial charge in [-0.1, -0.05) is 84.6 Å². The number of carbonyl (C=O) groups excluding carboxylic acids is 1. The van der Waals surface area contributed by atoms with Gasteiger partial charge in [-0.2, -0.15) is 0 Å². The Labute approximate surface area is 225 Å². The molecule has 0 aliphatic carbocycles. The molecule has 1 saturated heterocycles. The molecule has 7 heteroatoms. The summed E-state index contributed by atoms with van der Waals surface area (Å²) < 4.78 is 17.5. The molecule has 0 spiro atoms. The van der Waals surface area contributed by atoms with Crippen LogP contribution in [0.4, 0.5) is 0 Å². The van der Waals surface area contributed by atoms with E-state index in [9.17, 15) is 4.79 Å². The standard InChI is InChI=1S/C30H25NO4S2/c1-33-24-13-10-20(11-14-24)18-31-29(32)28(37-30(31)36)17-21-12-15-26(27(16-21)34-2)35-19-23-8-5-7-22-6-3-4-9-25(22)23/h3-17H,18-19H2,1-2H3/b28-17-. The van der Waals surface area contributed by atoms with Gasteiger partial charge in [-0.05, 0) is 57.8 Å². The Morgan fingerprint density at radius 2 is 1.68 bits per heavy atom. The molecule has 1 aliphatic heterocycles. The molecule has 5 rings (SSSR count). The highest BCUT2D eigenvalue weighted by molar-refractivity contribution is 8.26. The quantitative estimate of drug-likeness (QED) is 0.185. The number of benzene rings is 4. The highest BCUT2D eigenvalue weighted by Crippen LogP contribution is 2.36. The number of carbonyl (C=O) groups is 1. The van der Waals surface area contributed by atoms with Crippen molar-refractivity contribution in [3.63, 3.8) is 0 Å². The van der Waals surface area contributed by atoms with E-state index in [0.717, 1.165) is 27.8 Å². The van der Waals surface area contributed by atoms with Crippen LogP contribution in [0.15, 0.2) is 89.8 Å². The fourth-order valence-corrected chi connectivity index (χ4v) is 5.42. The molecule has 0 saturated carbocycles. The normalized spacial score (nSPS) is 14.4. The topological polar surface area (TPSA) is 48.0 Å². The zero-order valence-electron chi connectivity index (χ0n) is 20.5. The Hall–Kier alpha value is -3.81. The Morgan fingerprint density at radius 3 is 2.46 bits per heavy atom. The van der Waals surface area contributed by atoms with Gasteiger partial charge in [-0.25, -0.2) is 0 Å². The van der Waals surface area contributed by atoms with Crippen molar-refractivity contribution in [3.05, 3.63) is 107 Å². The van der Waals surface area contributed by atoms with Gasteiger partial charge in [0, 0.05) is 0 Å². The Morgan fingerprint density at radius 1 is 0.892 bits per heavy atom. The molecular weight excluding hydrogens is 502 g/mol. The van der Waals surface area contributed by atoms with E-state index in [4.69, 9.17) is 26.4 Å². The molecule has 0 bridgehead atoms. The van der Waals surface area contributed by atoms with Crippen molar-refractivity contribution >= 4 is 51.1 Å². The van der Waals surface area contributed by atoms with E-state index in [1.165, 1.54) is 17.1 Å². The van der Waals surface area contributed by atoms with Crippen molar-refractivity contribution in [3.8, 4) is 17.2 Å². The zero-order chi connectivity index (χ0) is 25.8. The van der Waals surface area contributed by atoms with Crippen LogP contribution in [-0.4, -0.2) is 29.3 Å². The molecule has 4 aromatic carbocycles. The largest absolute Gasteiger partial charge is 0.497 e. The Bertz CT molecular complexity index is 1490. The summed E-state index contributed by atoms with van der Waals surface area (Å²) in [6, 6.07) is 27.7. The van der Waals surface area contributed by atoms with Gasteiger partial charge in [0.1, 0.15) is 16.7 Å². The molecule has 4 aromatic rings. The van der Waals surface area contributed by atoms with Crippen LogP contribution in [0.25, 0.3) is 16.8 Å². The van der Waals surface area contributed by atoms with Gasteiger partial charge in [-0.15, -0.1) is 0 Å².